The van der Waals surface area contributed by atoms with Gasteiger partial charge in [-0.3, -0.25) is 19.6 Å². The zero-order valence-corrected chi connectivity index (χ0v) is 18.1. The van der Waals surface area contributed by atoms with E-state index in [9.17, 15) is 14.9 Å². The van der Waals surface area contributed by atoms with Crippen molar-refractivity contribution >= 4 is 17.3 Å². The topological polar surface area (TPSA) is 112 Å². The number of aryl methyl sites for hydroxylation is 1. The third-order valence-electron chi connectivity index (χ3n) is 5.11. The molecule has 168 valence electrons. The minimum atomic E-state index is -0.476. The van der Waals surface area contributed by atoms with Crippen molar-refractivity contribution in [1.29, 1.82) is 0 Å². The number of furan rings is 1. The summed E-state index contributed by atoms with van der Waals surface area (Å²) in [5.74, 6) is 0.667. The first kappa shape index (κ1) is 21.8. The van der Waals surface area contributed by atoms with Crippen LogP contribution in [0.5, 0.6) is 5.75 Å². The number of rotatable bonds is 8. The van der Waals surface area contributed by atoms with Crippen molar-refractivity contribution in [3.05, 3.63) is 105 Å². The van der Waals surface area contributed by atoms with Crippen LogP contribution >= 0.6 is 0 Å². The zero-order chi connectivity index (χ0) is 23.4. The normalized spacial score (nSPS) is 10.7. The number of hydrogen-bond acceptors (Lipinski definition) is 6. The molecule has 9 nitrogen and oxygen atoms in total. The molecule has 0 aliphatic heterocycles. The van der Waals surface area contributed by atoms with Crippen LogP contribution in [0, 0.1) is 24.0 Å². The molecule has 0 atom stereocenters. The van der Waals surface area contributed by atoms with Gasteiger partial charge in [0.2, 0.25) is 0 Å². The van der Waals surface area contributed by atoms with Gasteiger partial charge in [0.05, 0.1) is 28.5 Å². The largest absolute Gasteiger partial charge is 0.486 e. The van der Waals surface area contributed by atoms with Crippen LogP contribution in [0.25, 0.3) is 0 Å². The Bertz CT molecular complexity index is 1280. The lowest BCUT2D eigenvalue weighted by Crippen LogP contribution is -2.12. The van der Waals surface area contributed by atoms with Crippen LogP contribution < -0.4 is 10.1 Å². The number of anilines is 1. The smallest absolute Gasteiger partial charge is 0.291 e. The first-order chi connectivity index (χ1) is 15.9. The Balaban J connectivity index is 1.39. The first-order valence-corrected chi connectivity index (χ1v) is 10.3. The molecule has 2 aromatic heterocycles. The Morgan fingerprint density at radius 1 is 1.09 bits per heavy atom. The molecule has 33 heavy (non-hydrogen) atoms. The quantitative estimate of drug-likeness (QED) is 0.305. The summed E-state index contributed by atoms with van der Waals surface area (Å²) in [5.41, 5.74) is 3.31. The van der Waals surface area contributed by atoms with E-state index in [0.29, 0.717) is 29.4 Å². The maximum Gasteiger partial charge on any atom is 0.291 e. The zero-order valence-electron chi connectivity index (χ0n) is 18.1. The van der Waals surface area contributed by atoms with Gasteiger partial charge >= 0.3 is 0 Å². The van der Waals surface area contributed by atoms with Gasteiger partial charge in [0.25, 0.3) is 11.6 Å². The van der Waals surface area contributed by atoms with Crippen LogP contribution in [0.2, 0.25) is 0 Å². The summed E-state index contributed by atoms with van der Waals surface area (Å²) in [5, 5.41) is 18.2. The molecule has 1 N–H and O–H groups in total. The molecule has 0 aliphatic rings. The van der Waals surface area contributed by atoms with Crippen molar-refractivity contribution in [3.63, 3.8) is 0 Å². The Labute approximate surface area is 189 Å². The maximum atomic E-state index is 12.7. The average Bonchev–Trinajstić information content (AvgIpc) is 3.39. The molecule has 9 heteroatoms. The Hall–Kier alpha value is -4.40. The summed E-state index contributed by atoms with van der Waals surface area (Å²) in [6.07, 6.45) is 0. The molecule has 0 aliphatic carbocycles. The summed E-state index contributed by atoms with van der Waals surface area (Å²) < 4.78 is 13.0. The highest BCUT2D eigenvalue weighted by atomic mass is 16.6. The van der Waals surface area contributed by atoms with Crippen LogP contribution in [0.4, 0.5) is 11.4 Å². The highest BCUT2D eigenvalue weighted by Gasteiger charge is 2.18. The van der Waals surface area contributed by atoms with Crippen molar-refractivity contribution in [2.24, 2.45) is 0 Å². The fourth-order valence-corrected chi connectivity index (χ4v) is 3.36. The van der Waals surface area contributed by atoms with Crippen LogP contribution in [0.15, 0.2) is 71.1 Å². The van der Waals surface area contributed by atoms with Gasteiger partial charge in [0.1, 0.15) is 18.1 Å². The molecule has 0 saturated heterocycles. The molecule has 0 radical (unpaired) electrons. The Morgan fingerprint density at radius 2 is 1.82 bits per heavy atom. The molecule has 2 heterocycles. The summed E-state index contributed by atoms with van der Waals surface area (Å²) in [6.45, 7) is 4.44. The summed E-state index contributed by atoms with van der Waals surface area (Å²) in [7, 11) is 0. The standard InChI is InChI=1S/C24H22N4O5/c1-16-23(17(2)27(26-16)14-18-6-4-3-5-7-18)25-24(29)22-13-12-21(33-22)15-32-20-10-8-19(9-11-20)28(30)31/h3-13H,14-15H2,1-2H3,(H,25,29). The molecule has 4 rings (SSSR count). The SMILES string of the molecule is Cc1nn(Cc2ccccc2)c(C)c1NC(=O)c1ccc(COc2ccc([N+](=O)[O-])cc2)o1. The van der Waals surface area contributed by atoms with E-state index in [1.807, 2.05) is 48.9 Å². The average molecular weight is 446 g/mol. The van der Waals surface area contributed by atoms with Gasteiger partial charge in [-0.25, -0.2) is 0 Å². The third-order valence-corrected chi connectivity index (χ3v) is 5.11. The molecule has 0 spiro atoms. The first-order valence-electron chi connectivity index (χ1n) is 10.3. The van der Waals surface area contributed by atoms with E-state index in [4.69, 9.17) is 9.15 Å². The van der Waals surface area contributed by atoms with Crippen LogP contribution in [0.1, 0.15) is 33.3 Å². The van der Waals surface area contributed by atoms with Gasteiger partial charge in [-0.1, -0.05) is 30.3 Å². The predicted molar refractivity (Wildman–Crippen MR) is 121 cm³/mol. The lowest BCUT2D eigenvalue weighted by Gasteiger charge is -2.07. The Kier molecular flexibility index (Phi) is 6.21. The van der Waals surface area contributed by atoms with Crippen molar-refractivity contribution in [1.82, 2.24) is 9.78 Å². The second kappa shape index (κ2) is 9.39. The van der Waals surface area contributed by atoms with Gasteiger partial charge in [-0.05, 0) is 43.7 Å². The minimum Gasteiger partial charge on any atom is -0.486 e. The van der Waals surface area contributed by atoms with Gasteiger partial charge in [-0.2, -0.15) is 5.10 Å². The number of carbonyl (C=O) groups is 1. The van der Waals surface area contributed by atoms with Crippen LogP contribution in [0.3, 0.4) is 0 Å². The van der Waals surface area contributed by atoms with Gasteiger partial charge in [0.15, 0.2) is 5.76 Å². The molecule has 0 fully saturated rings. The number of aromatic nitrogens is 2. The van der Waals surface area contributed by atoms with Gasteiger partial charge in [0, 0.05) is 12.1 Å². The van der Waals surface area contributed by atoms with E-state index in [-0.39, 0.29) is 24.0 Å². The van der Waals surface area contributed by atoms with E-state index in [2.05, 4.69) is 10.4 Å². The Morgan fingerprint density at radius 3 is 2.52 bits per heavy atom. The van der Waals surface area contributed by atoms with Crippen molar-refractivity contribution in [2.45, 2.75) is 27.0 Å². The number of nitro groups is 1. The predicted octanol–water partition coefficient (Wildman–Crippen LogP) is 4.88. The highest BCUT2D eigenvalue weighted by molar-refractivity contribution is 6.02. The molecule has 0 unspecified atom stereocenters. The molecule has 0 bridgehead atoms. The molecule has 2 aromatic carbocycles. The number of amides is 1. The van der Waals surface area contributed by atoms with Crippen molar-refractivity contribution < 1.29 is 18.9 Å². The fourth-order valence-electron chi connectivity index (χ4n) is 3.36. The van der Waals surface area contributed by atoms with E-state index in [1.54, 1.807) is 12.1 Å². The number of nitrogens with one attached hydrogen (secondary N) is 1. The second-order valence-corrected chi connectivity index (χ2v) is 7.45. The van der Waals surface area contributed by atoms with Crippen molar-refractivity contribution in [3.8, 4) is 5.75 Å². The molecule has 4 aromatic rings. The van der Waals surface area contributed by atoms with Crippen LogP contribution in [-0.4, -0.2) is 20.6 Å². The summed E-state index contributed by atoms with van der Waals surface area (Å²) >= 11 is 0. The number of nitrogens with zero attached hydrogens (tertiary/aromatic N) is 3. The lowest BCUT2D eigenvalue weighted by atomic mass is 10.2. The van der Waals surface area contributed by atoms with Crippen molar-refractivity contribution in [2.75, 3.05) is 5.32 Å². The fraction of sp³-hybridized carbons (Fsp3) is 0.167. The monoisotopic (exact) mass is 446 g/mol. The maximum absolute atomic E-state index is 12.7. The highest BCUT2D eigenvalue weighted by Crippen LogP contribution is 2.23. The third kappa shape index (κ3) is 5.09. The number of hydrogen-bond donors (Lipinski definition) is 1. The number of carbonyl (C=O) groups excluding carboxylic acids is 1. The number of ether oxygens (including phenoxy) is 1. The lowest BCUT2D eigenvalue weighted by molar-refractivity contribution is -0.384. The molecular formula is C24H22N4O5. The molecular weight excluding hydrogens is 424 g/mol. The minimum absolute atomic E-state index is 0.0167. The van der Waals surface area contributed by atoms with E-state index in [0.717, 1.165) is 11.3 Å². The number of nitro benzene ring substituents is 1. The summed E-state index contributed by atoms with van der Waals surface area (Å²) in [4.78, 5) is 23.0. The van der Waals surface area contributed by atoms with E-state index >= 15 is 0 Å². The summed E-state index contributed by atoms with van der Waals surface area (Å²) in [6, 6.07) is 18.9. The van der Waals surface area contributed by atoms with Gasteiger partial charge in [-0.15, -0.1) is 0 Å². The van der Waals surface area contributed by atoms with Crippen LogP contribution in [-0.2, 0) is 13.2 Å². The second-order valence-electron chi connectivity index (χ2n) is 7.45. The molecule has 0 saturated carbocycles. The van der Waals surface area contributed by atoms with E-state index in [1.165, 1.54) is 24.3 Å². The number of benzene rings is 2. The van der Waals surface area contributed by atoms with Gasteiger partial charge < -0.3 is 14.5 Å². The molecule has 1 amide bonds. The number of non-ortho nitro benzene ring substituents is 1. The van der Waals surface area contributed by atoms with E-state index < -0.39 is 4.92 Å².